The predicted molar refractivity (Wildman–Crippen MR) is 152 cm³/mol. The number of nitrogens with zero attached hydrogens (tertiary/aromatic N) is 7. The number of benzene rings is 2. The molecular weight excluding hydrogens is 529 g/mol. The van der Waals surface area contributed by atoms with Gasteiger partial charge in [0, 0.05) is 40.3 Å². The fourth-order valence-corrected chi connectivity index (χ4v) is 5.82. The number of amides is 2. The number of piperazine rings is 1. The van der Waals surface area contributed by atoms with Gasteiger partial charge in [0.2, 0.25) is 11.9 Å². The summed E-state index contributed by atoms with van der Waals surface area (Å²) in [6.07, 6.45) is 0.0558. The summed E-state index contributed by atoms with van der Waals surface area (Å²) in [5.41, 5.74) is 2.25. The van der Waals surface area contributed by atoms with E-state index in [0.29, 0.717) is 55.5 Å². The van der Waals surface area contributed by atoms with Crippen LogP contribution < -0.4 is 21.0 Å². The van der Waals surface area contributed by atoms with E-state index in [1.807, 2.05) is 34.6 Å². The zero-order valence-electron chi connectivity index (χ0n) is 23.1. The fourth-order valence-electron chi connectivity index (χ4n) is 5.82. The molecule has 2 amide bonds. The molecule has 2 aliphatic heterocycles. The Balaban J connectivity index is 1.29. The first-order chi connectivity index (χ1) is 19.6. The second-order valence-corrected chi connectivity index (χ2v) is 10.7. The van der Waals surface area contributed by atoms with Gasteiger partial charge in [-0.3, -0.25) is 33.0 Å². The van der Waals surface area contributed by atoms with Crippen LogP contribution in [0, 0.1) is 12.7 Å². The molecule has 2 fully saturated rings. The third kappa shape index (κ3) is 4.53. The molecule has 212 valence electrons. The zero-order valence-corrected chi connectivity index (χ0v) is 23.1. The second-order valence-electron chi connectivity index (χ2n) is 10.7. The topological polar surface area (TPSA) is 106 Å². The molecule has 12 heteroatoms. The number of anilines is 2. The maximum atomic E-state index is 13.4. The van der Waals surface area contributed by atoms with Crippen LogP contribution in [0.1, 0.15) is 17.5 Å². The molecule has 0 bridgehead atoms. The van der Waals surface area contributed by atoms with Crippen LogP contribution in [0.2, 0.25) is 0 Å². The van der Waals surface area contributed by atoms with E-state index >= 15 is 0 Å². The van der Waals surface area contributed by atoms with Crippen molar-refractivity contribution >= 4 is 34.6 Å². The number of imide groups is 1. The summed E-state index contributed by atoms with van der Waals surface area (Å²) in [5.74, 6) is -0.501. The smallest absolute Gasteiger partial charge is 0.332 e. The molecule has 4 heterocycles. The fraction of sp³-hybridized carbons (Fsp3) is 0.345. The molecule has 6 rings (SSSR count). The molecule has 1 unspecified atom stereocenters. The van der Waals surface area contributed by atoms with E-state index < -0.39 is 23.1 Å². The molecule has 2 aliphatic rings. The molecule has 0 saturated carbocycles. The molecule has 0 radical (unpaired) electrons. The minimum Gasteiger partial charge on any atom is -0.340 e. The Kier molecular flexibility index (Phi) is 6.57. The zero-order chi connectivity index (χ0) is 29.0. The standard InChI is InChI=1S/C29H30FN7O4/c1-18-5-4-6-19(15-18)17-36-24-25(32(2)29(41)33(3)27(24)40)31-28(36)35-13-11-34(12-14-35)22-16-23(38)37(26(22)39)21-9-7-20(30)8-10-21/h4-10,15,22H,11-14,16-17H2,1-3H3. The minimum absolute atomic E-state index is 0.0558. The van der Waals surface area contributed by atoms with E-state index in [-0.39, 0.29) is 18.2 Å². The number of carbonyl (C=O) groups is 2. The van der Waals surface area contributed by atoms with Crippen LogP contribution in [-0.4, -0.2) is 67.6 Å². The molecule has 2 aromatic carbocycles. The Morgan fingerprint density at radius 1 is 0.927 bits per heavy atom. The van der Waals surface area contributed by atoms with Gasteiger partial charge in [0.1, 0.15) is 5.82 Å². The minimum atomic E-state index is -0.603. The van der Waals surface area contributed by atoms with Crippen molar-refractivity contribution in [3.8, 4) is 0 Å². The Labute approximate surface area is 234 Å². The molecule has 2 saturated heterocycles. The monoisotopic (exact) mass is 559 g/mol. The first kappa shape index (κ1) is 26.6. The first-order valence-corrected chi connectivity index (χ1v) is 13.5. The Hall–Kier alpha value is -4.58. The summed E-state index contributed by atoms with van der Waals surface area (Å²) in [6.45, 7) is 4.38. The van der Waals surface area contributed by atoms with Crippen molar-refractivity contribution < 1.29 is 14.0 Å². The molecule has 41 heavy (non-hydrogen) atoms. The van der Waals surface area contributed by atoms with Crippen molar-refractivity contribution in [1.29, 1.82) is 0 Å². The third-order valence-electron chi connectivity index (χ3n) is 8.00. The number of hydrogen-bond acceptors (Lipinski definition) is 7. The lowest BCUT2D eigenvalue weighted by atomic mass is 10.1. The number of carbonyl (C=O) groups excluding carboxylic acids is 2. The molecule has 0 aliphatic carbocycles. The van der Waals surface area contributed by atoms with Crippen LogP contribution in [0.3, 0.4) is 0 Å². The number of imidazole rings is 1. The van der Waals surface area contributed by atoms with Gasteiger partial charge in [-0.1, -0.05) is 29.8 Å². The quantitative estimate of drug-likeness (QED) is 0.340. The number of aryl methyl sites for hydroxylation is 2. The third-order valence-corrected chi connectivity index (χ3v) is 8.00. The number of hydrogen-bond donors (Lipinski definition) is 0. The van der Waals surface area contributed by atoms with Crippen LogP contribution in [0.25, 0.3) is 11.2 Å². The van der Waals surface area contributed by atoms with E-state index in [9.17, 15) is 23.6 Å². The molecule has 11 nitrogen and oxygen atoms in total. The first-order valence-electron chi connectivity index (χ1n) is 13.5. The van der Waals surface area contributed by atoms with Crippen molar-refractivity contribution in [2.75, 3.05) is 36.0 Å². The van der Waals surface area contributed by atoms with Crippen LogP contribution >= 0.6 is 0 Å². The average molecular weight is 560 g/mol. The largest absolute Gasteiger partial charge is 0.340 e. The predicted octanol–water partition coefficient (Wildman–Crippen LogP) is 1.38. The summed E-state index contributed by atoms with van der Waals surface area (Å²) in [7, 11) is 3.06. The van der Waals surface area contributed by atoms with Crippen LogP contribution in [0.15, 0.2) is 58.1 Å². The average Bonchev–Trinajstić information content (AvgIpc) is 3.48. The Morgan fingerprint density at radius 2 is 1.63 bits per heavy atom. The lowest BCUT2D eigenvalue weighted by molar-refractivity contribution is -0.123. The number of aromatic nitrogens is 4. The highest BCUT2D eigenvalue weighted by atomic mass is 19.1. The molecule has 0 N–H and O–H groups in total. The van der Waals surface area contributed by atoms with Crippen LogP contribution in [0.5, 0.6) is 0 Å². The van der Waals surface area contributed by atoms with Crippen molar-refractivity contribution in [3.05, 3.63) is 86.3 Å². The van der Waals surface area contributed by atoms with Gasteiger partial charge < -0.3 is 4.90 Å². The molecular formula is C29H30FN7O4. The van der Waals surface area contributed by atoms with E-state index in [0.717, 1.165) is 20.6 Å². The Bertz CT molecular complexity index is 1800. The summed E-state index contributed by atoms with van der Waals surface area (Å²) < 4.78 is 17.7. The van der Waals surface area contributed by atoms with E-state index in [1.165, 1.54) is 35.9 Å². The van der Waals surface area contributed by atoms with Crippen molar-refractivity contribution in [2.24, 2.45) is 14.1 Å². The van der Waals surface area contributed by atoms with Gasteiger partial charge in [-0.05, 0) is 36.8 Å². The van der Waals surface area contributed by atoms with Gasteiger partial charge >= 0.3 is 5.69 Å². The SMILES string of the molecule is Cc1cccc(Cn2c(N3CCN(C4CC(=O)N(c5ccc(F)cc5)C4=O)CC3)nc3c2c(=O)n(C)c(=O)n3C)c1. The van der Waals surface area contributed by atoms with E-state index in [2.05, 4.69) is 11.0 Å². The summed E-state index contributed by atoms with van der Waals surface area (Å²) in [4.78, 5) is 62.0. The summed E-state index contributed by atoms with van der Waals surface area (Å²) in [6, 6.07) is 12.7. The maximum Gasteiger partial charge on any atom is 0.332 e. The van der Waals surface area contributed by atoms with Gasteiger partial charge in [-0.15, -0.1) is 0 Å². The van der Waals surface area contributed by atoms with Gasteiger partial charge in [-0.2, -0.15) is 4.98 Å². The van der Waals surface area contributed by atoms with Crippen LogP contribution in [0.4, 0.5) is 16.0 Å². The summed E-state index contributed by atoms with van der Waals surface area (Å²) in [5, 5.41) is 0. The number of rotatable bonds is 5. The van der Waals surface area contributed by atoms with Crippen LogP contribution in [-0.2, 0) is 30.2 Å². The van der Waals surface area contributed by atoms with Gasteiger partial charge in [0.15, 0.2) is 11.2 Å². The van der Waals surface area contributed by atoms with Crippen molar-refractivity contribution in [2.45, 2.75) is 25.9 Å². The molecule has 1 atom stereocenters. The highest BCUT2D eigenvalue weighted by Crippen LogP contribution is 2.28. The highest BCUT2D eigenvalue weighted by molar-refractivity contribution is 6.22. The van der Waals surface area contributed by atoms with Gasteiger partial charge in [0.05, 0.1) is 24.7 Å². The lowest BCUT2D eigenvalue weighted by Gasteiger charge is -2.37. The molecule has 2 aromatic heterocycles. The van der Waals surface area contributed by atoms with E-state index in [1.54, 1.807) is 7.05 Å². The second kappa shape index (κ2) is 10.1. The van der Waals surface area contributed by atoms with E-state index in [4.69, 9.17) is 4.98 Å². The Morgan fingerprint density at radius 3 is 2.32 bits per heavy atom. The highest BCUT2D eigenvalue weighted by Gasteiger charge is 2.43. The lowest BCUT2D eigenvalue weighted by Crippen LogP contribution is -2.53. The number of fused-ring (bicyclic) bond motifs is 1. The van der Waals surface area contributed by atoms with Gasteiger partial charge in [-0.25, -0.2) is 14.1 Å². The maximum absolute atomic E-state index is 13.4. The van der Waals surface area contributed by atoms with Crippen molar-refractivity contribution in [1.82, 2.24) is 23.6 Å². The summed E-state index contributed by atoms with van der Waals surface area (Å²) >= 11 is 0. The molecule has 0 spiro atoms. The van der Waals surface area contributed by atoms with Crippen molar-refractivity contribution in [3.63, 3.8) is 0 Å². The number of halogens is 1. The normalized spacial score (nSPS) is 18.2. The molecule has 4 aromatic rings. The van der Waals surface area contributed by atoms with Gasteiger partial charge in [0.25, 0.3) is 11.5 Å².